The zero-order valence-electron chi connectivity index (χ0n) is 9.93. The van der Waals surface area contributed by atoms with Gasteiger partial charge in [0.25, 0.3) is 0 Å². The van der Waals surface area contributed by atoms with Gasteiger partial charge in [0.15, 0.2) is 0 Å². The molecule has 2 aromatic carbocycles. The minimum atomic E-state index is -3.17. The van der Waals surface area contributed by atoms with E-state index in [1.54, 1.807) is 30.3 Å². The molecule has 0 aliphatic carbocycles. The Bertz CT molecular complexity index is 682. The lowest BCUT2D eigenvalue weighted by atomic mass is 10.00. The van der Waals surface area contributed by atoms with Crippen LogP contribution in [-0.2, 0) is 9.84 Å². The maximum absolute atomic E-state index is 13.6. The molecular weight excluding hydrogens is 253 g/mol. The van der Waals surface area contributed by atoms with Gasteiger partial charge in [-0.3, -0.25) is 0 Å². The van der Waals surface area contributed by atoms with Gasteiger partial charge in [0.1, 0.15) is 15.7 Å². The van der Waals surface area contributed by atoms with Gasteiger partial charge in [-0.2, -0.15) is 0 Å². The van der Waals surface area contributed by atoms with Crippen molar-refractivity contribution < 1.29 is 12.8 Å². The number of sulfone groups is 1. The Kier molecular flexibility index (Phi) is 3.36. The molecule has 2 rings (SSSR count). The molecule has 96 valence electrons. The van der Waals surface area contributed by atoms with E-state index >= 15 is 0 Å². The van der Waals surface area contributed by atoms with Crippen molar-refractivity contribution in [3.8, 4) is 0 Å². The van der Waals surface area contributed by atoms with Crippen LogP contribution < -0.4 is 5.73 Å². The van der Waals surface area contributed by atoms with Gasteiger partial charge in [-0.1, -0.05) is 30.3 Å². The molecule has 0 heterocycles. The molecule has 18 heavy (non-hydrogen) atoms. The Morgan fingerprint density at radius 3 is 2.39 bits per heavy atom. The first-order valence-electron chi connectivity index (χ1n) is 5.49. The maximum Gasteiger partial charge on any atom is 0.149 e. The van der Waals surface area contributed by atoms with Gasteiger partial charge in [-0.05, 0) is 17.0 Å². The largest absolute Gasteiger partial charge is 0.323 e. The smallest absolute Gasteiger partial charge is 0.149 e. The predicted molar refractivity (Wildman–Crippen MR) is 70.5 cm³/mol. The van der Waals surface area contributed by atoms with E-state index in [0.29, 0.717) is 16.3 Å². The van der Waals surface area contributed by atoms with E-state index in [1.807, 2.05) is 0 Å². The lowest BCUT2D eigenvalue weighted by Gasteiger charge is -2.14. The molecule has 2 N–H and O–H groups in total. The molecule has 5 heteroatoms. The summed E-state index contributed by atoms with van der Waals surface area (Å²) >= 11 is 0. The first kappa shape index (κ1) is 13.0. The molecule has 3 nitrogen and oxygen atoms in total. The summed E-state index contributed by atoms with van der Waals surface area (Å²) in [6.45, 7) is 0. The van der Waals surface area contributed by atoms with Crippen molar-refractivity contribution in [3.63, 3.8) is 0 Å². The summed E-state index contributed by atoms with van der Waals surface area (Å²) in [5.41, 5.74) is 6.55. The van der Waals surface area contributed by atoms with Gasteiger partial charge in [-0.25, -0.2) is 12.8 Å². The topological polar surface area (TPSA) is 60.2 Å². The van der Waals surface area contributed by atoms with Crippen LogP contribution in [0.15, 0.2) is 36.4 Å². The molecular formula is C13H14FNO2S. The third-order valence-corrected chi connectivity index (χ3v) is 3.75. The van der Waals surface area contributed by atoms with Crippen molar-refractivity contribution in [2.75, 3.05) is 12.0 Å². The number of benzene rings is 2. The standard InChI is InChI=1S/C13H14FNO2S/c1-18(16,17)8-13(15)11-6-7-12(14)10-5-3-2-4-9(10)11/h2-7,13H,8,15H2,1H3. The van der Waals surface area contributed by atoms with Gasteiger partial charge in [0, 0.05) is 17.7 Å². The van der Waals surface area contributed by atoms with Gasteiger partial charge >= 0.3 is 0 Å². The van der Waals surface area contributed by atoms with Crippen molar-refractivity contribution in [3.05, 3.63) is 47.8 Å². The fourth-order valence-corrected chi connectivity index (χ4v) is 2.86. The fraction of sp³-hybridized carbons (Fsp3) is 0.231. The number of hydrogen-bond donors (Lipinski definition) is 1. The highest BCUT2D eigenvalue weighted by atomic mass is 32.2. The molecule has 1 unspecified atom stereocenters. The summed E-state index contributed by atoms with van der Waals surface area (Å²) in [5.74, 6) is -0.483. The number of rotatable bonds is 3. The Hall–Kier alpha value is -1.46. The lowest BCUT2D eigenvalue weighted by Crippen LogP contribution is -2.21. The quantitative estimate of drug-likeness (QED) is 0.925. The monoisotopic (exact) mass is 267 g/mol. The molecule has 2 aromatic rings. The Balaban J connectivity index is 2.55. The average molecular weight is 267 g/mol. The van der Waals surface area contributed by atoms with E-state index in [4.69, 9.17) is 5.73 Å². The van der Waals surface area contributed by atoms with Crippen LogP contribution in [-0.4, -0.2) is 20.4 Å². The zero-order chi connectivity index (χ0) is 13.3. The van der Waals surface area contributed by atoms with Crippen LogP contribution in [0.2, 0.25) is 0 Å². The van der Waals surface area contributed by atoms with Crippen LogP contribution in [0.4, 0.5) is 4.39 Å². The highest BCUT2D eigenvalue weighted by Gasteiger charge is 2.16. The van der Waals surface area contributed by atoms with E-state index in [1.165, 1.54) is 6.07 Å². The fourth-order valence-electron chi connectivity index (χ4n) is 2.02. The summed E-state index contributed by atoms with van der Waals surface area (Å²) in [7, 11) is -3.17. The van der Waals surface area contributed by atoms with E-state index in [0.717, 1.165) is 6.26 Å². The molecule has 1 atom stereocenters. The van der Waals surface area contributed by atoms with Crippen LogP contribution in [0.25, 0.3) is 10.8 Å². The van der Waals surface area contributed by atoms with Crippen LogP contribution in [0.1, 0.15) is 11.6 Å². The second kappa shape index (κ2) is 4.66. The third kappa shape index (κ3) is 2.68. The van der Waals surface area contributed by atoms with Crippen LogP contribution in [0, 0.1) is 5.82 Å². The Labute approximate surface area is 105 Å². The summed E-state index contributed by atoms with van der Waals surface area (Å²) in [6, 6.07) is 9.13. The molecule has 0 bridgehead atoms. The number of halogens is 1. The molecule has 0 fully saturated rings. The van der Waals surface area contributed by atoms with Crippen molar-refractivity contribution in [1.29, 1.82) is 0 Å². The third-order valence-electron chi connectivity index (χ3n) is 2.79. The summed E-state index contributed by atoms with van der Waals surface area (Å²) in [5, 5.41) is 1.12. The lowest BCUT2D eigenvalue weighted by molar-refractivity contribution is 0.595. The average Bonchev–Trinajstić information content (AvgIpc) is 2.27. The highest BCUT2D eigenvalue weighted by Crippen LogP contribution is 2.26. The Morgan fingerprint density at radius 2 is 1.78 bits per heavy atom. The van der Waals surface area contributed by atoms with E-state index in [9.17, 15) is 12.8 Å². The van der Waals surface area contributed by atoms with Gasteiger partial charge in [-0.15, -0.1) is 0 Å². The number of hydrogen-bond acceptors (Lipinski definition) is 3. The Morgan fingerprint density at radius 1 is 1.17 bits per heavy atom. The predicted octanol–water partition coefficient (Wildman–Crippen LogP) is 2.02. The van der Waals surface area contributed by atoms with Crippen molar-refractivity contribution in [1.82, 2.24) is 0 Å². The van der Waals surface area contributed by atoms with Gasteiger partial charge in [0.2, 0.25) is 0 Å². The molecule has 0 aliphatic rings. The maximum atomic E-state index is 13.6. The highest BCUT2D eigenvalue weighted by molar-refractivity contribution is 7.90. The van der Waals surface area contributed by atoms with Crippen LogP contribution in [0.3, 0.4) is 0 Å². The molecule has 0 saturated carbocycles. The molecule has 0 aromatic heterocycles. The number of fused-ring (bicyclic) bond motifs is 1. The second-order valence-corrected chi connectivity index (χ2v) is 6.57. The van der Waals surface area contributed by atoms with Crippen LogP contribution >= 0.6 is 0 Å². The SMILES string of the molecule is CS(=O)(=O)CC(N)c1ccc(F)c2ccccc12. The van der Waals surface area contributed by atoms with Gasteiger partial charge in [0.05, 0.1) is 5.75 Å². The van der Waals surface area contributed by atoms with Crippen molar-refractivity contribution in [2.24, 2.45) is 5.73 Å². The molecule has 0 aliphatic heterocycles. The first-order valence-corrected chi connectivity index (χ1v) is 7.55. The minimum absolute atomic E-state index is 0.150. The van der Waals surface area contributed by atoms with Crippen molar-refractivity contribution >= 4 is 20.6 Å². The minimum Gasteiger partial charge on any atom is -0.323 e. The normalized spacial score (nSPS) is 13.7. The summed E-state index contributed by atoms with van der Waals surface area (Å²) < 4.78 is 36.1. The molecule has 0 radical (unpaired) electrons. The van der Waals surface area contributed by atoms with E-state index < -0.39 is 15.9 Å². The summed E-state index contributed by atoms with van der Waals surface area (Å²) in [6.07, 6.45) is 1.14. The van der Waals surface area contributed by atoms with Crippen molar-refractivity contribution in [2.45, 2.75) is 6.04 Å². The molecule has 0 spiro atoms. The van der Waals surface area contributed by atoms with E-state index in [2.05, 4.69) is 0 Å². The van der Waals surface area contributed by atoms with E-state index in [-0.39, 0.29) is 11.6 Å². The molecule has 0 amide bonds. The summed E-state index contributed by atoms with van der Waals surface area (Å²) in [4.78, 5) is 0. The first-order chi connectivity index (χ1) is 8.38. The molecule has 0 saturated heterocycles. The zero-order valence-corrected chi connectivity index (χ0v) is 10.7. The van der Waals surface area contributed by atoms with Gasteiger partial charge < -0.3 is 5.73 Å². The second-order valence-electron chi connectivity index (χ2n) is 4.38. The van der Waals surface area contributed by atoms with Crippen LogP contribution in [0.5, 0.6) is 0 Å². The number of nitrogens with two attached hydrogens (primary N) is 1.